The van der Waals surface area contributed by atoms with Crippen LogP contribution in [0.3, 0.4) is 0 Å². The van der Waals surface area contributed by atoms with Crippen LogP contribution >= 0.6 is 0 Å². The minimum absolute atomic E-state index is 0.0556. The lowest BCUT2D eigenvalue weighted by Gasteiger charge is -2.09. The number of carbonyl (C=O) groups is 2. The lowest BCUT2D eigenvalue weighted by atomic mass is 10.2. The van der Waals surface area contributed by atoms with E-state index in [0.29, 0.717) is 16.8 Å². The fourth-order valence-corrected chi connectivity index (χ4v) is 2.74. The number of aromatic carboxylic acids is 1. The molecule has 13 heteroatoms. The smallest absolute Gasteiger partial charge is 0.477 e. The molecule has 4 aromatic rings. The van der Waals surface area contributed by atoms with Gasteiger partial charge in [0.05, 0.1) is 5.52 Å². The summed E-state index contributed by atoms with van der Waals surface area (Å²) in [5.41, 5.74) is 0.576. The number of carbonyl (C=O) groups excluding carboxylic acids is 1. The third-order valence-corrected chi connectivity index (χ3v) is 4.19. The molecule has 0 aliphatic carbocycles. The van der Waals surface area contributed by atoms with E-state index >= 15 is 0 Å². The Balaban J connectivity index is 1.46. The highest BCUT2D eigenvalue weighted by Crippen LogP contribution is 2.25. The molecule has 0 saturated carbocycles. The van der Waals surface area contributed by atoms with Gasteiger partial charge in [-0.05, 0) is 42.5 Å². The van der Waals surface area contributed by atoms with Crippen molar-refractivity contribution >= 4 is 28.9 Å². The number of ether oxygens (including phenoxy) is 2. The number of carboxylic acids is 1. The van der Waals surface area contributed by atoms with Crippen LogP contribution in [-0.4, -0.2) is 43.5 Å². The number of alkyl halides is 3. The van der Waals surface area contributed by atoms with Crippen LogP contribution in [0.5, 0.6) is 17.2 Å². The van der Waals surface area contributed by atoms with Crippen LogP contribution in [-0.2, 0) is 0 Å². The second kappa shape index (κ2) is 8.97. The minimum atomic E-state index is -4.83. The number of amides is 1. The second-order valence-corrected chi connectivity index (χ2v) is 6.60. The number of carboxylic acid groups (broad SMARTS) is 1. The van der Waals surface area contributed by atoms with Gasteiger partial charge in [0.2, 0.25) is 5.95 Å². The number of hydrogen-bond acceptors (Lipinski definition) is 8. The predicted molar refractivity (Wildman–Crippen MR) is 110 cm³/mol. The van der Waals surface area contributed by atoms with Crippen molar-refractivity contribution in [1.82, 2.24) is 20.2 Å². The Hall–Kier alpha value is -4.81. The molecule has 0 aliphatic rings. The van der Waals surface area contributed by atoms with Gasteiger partial charge in [0.25, 0.3) is 5.91 Å². The number of benzene rings is 2. The molecule has 2 heterocycles. The monoisotopic (exact) mass is 471 g/mol. The van der Waals surface area contributed by atoms with Gasteiger partial charge < -0.3 is 14.6 Å². The van der Waals surface area contributed by atoms with E-state index in [9.17, 15) is 22.8 Å². The van der Waals surface area contributed by atoms with Crippen molar-refractivity contribution in [3.05, 3.63) is 72.1 Å². The summed E-state index contributed by atoms with van der Waals surface area (Å²) >= 11 is 0. The van der Waals surface area contributed by atoms with Gasteiger partial charge in [-0.15, -0.1) is 23.4 Å². The lowest BCUT2D eigenvalue weighted by molar-refractivity contribution is -0.274. The molecule has 0 unspecified atom stereocenters. The van der Waals surface area contributed by atoms with Crippen LogP contribution in [0, 0.1) is 0 Å². The molecule has 2 aromatic carbocycles. The maximum absolute atomic E-state index is 12.3. The molecular formula is C21H12F3N5O5. The lowest BCUT2D eigenvalue weighted by Crippen LogP contribution is -2.17. The first-order valence-corrected chi connectivity index (χ1v) is 9.35. The molecular weight excluding hydrogens is 459 g/mol. The van der Waals surface area contributed by atoms with Crippen molar-refractivity contribution in [1.29, 1.82) is 0 Å². The topological polar surface area (TPSA) is 136 Å². The van der Waals surface area contributed by atoms with Gasteiger partial charge in [-0.2, -0.15) is 0 Å². The molecule has 1 amide bonds. The zero-order chi connectivity index (χ0) is 24.3. The van der Waals surface area contributed by atoms with E-state index in [1.807, 2.05) is 0 Å². The number of nitrogens with zero attached hydrogens (tertiary/aromatic N) is 4. The first-order chi connectivity index (χ1) is 16.2. The van der Waals surface area contributed by atoms with Crippen LogP contribution in [0.15, 0.2) is 60.8 Å². The third kappa shape index (κ3) is 5.51. The van der Waals surface area contributed by atoms with Gasteiger partial charge in [0, 0.05) is 23.9 Å². The van der Waals surface area contributed by atoms with Crippen LogP contribution in [0.25, 0.3) is 11.0 Å². The zero-order valence-electron chi connectivity index (χ0n) is 16.8. The summed E-state index contributed by atoms with van der Waals surface area (Å²) in [7, 11) is 0. The van der Waals surface area contributed by atoms with Gasteiger partial charge in [-0.25, -0.2) is 14.8 Å². The molecule has 0 saturated heterocycles. The van der Waals surface area contributed by atoms with Crippen molar-refractivity contribution < 1.29 is 37.3 Å². The first kappa shape index (κ1) is 22.4. The summed E-state index contributed by atoms with van der Waals surface area (Å²) in [6.07, 6.45) is -3.54. The molecule has 2 aromatic heterocycles. The average molecular weight is 471 g/mol. The molecule has 0 fully saturated rings. The summed E-state index contributed by atoms with van der Waals surface area (Å²) < 4.78 is 46.1. The maximum atomic E-state index is 12.3. The summed E-state index contributed by atoms with van der Waals surface area (Å²) in [6.45, 7) is 0. The molecule has 34 heavy (non-hydrogen) atoms. The van der Waals surface area contributed by atoms with Crippen LogP contribution in [0.1, 0.15) is 20.8 Å². The quantitative estimate of drug-likeness (QED) is 0.426. The van der Waals surface area contributed by atoms with Crippen molar-refractivity contribution in [3.63, 3.8) is 0 Å². The van der Waals surface area contributed by atoms with Gasteiger partial charge >= 0.3 is 12.3 Å². The maximum Gasteiger partial charge on any atom is 0.573 e. The summed E-state index contributed by atoms with van der Waals surface area (Å²) in [5.74, 6) is -1.85. The molecule has 0 radical (unpaired) electrons. The Kier molecular flexibility index (Phi) is 5.91. The van der Waals surface area contributed by atoms with E-state index in [0.717, 1.165) is 24.3 Å². The highest BCUT2D eigenvalue weighted by atomic mass is 19.4. The molecule has 0 aliphatic heterocycles. The number of halogens is 3. The Morgan fingerprint density at radius 1 is 0.882 bits per heavy atom. The number of aromatic nitrogens is 4. The van der Waals surface area contributed by atoms with Crippen LogP contribution in [0.4, 0.5) is 19.1 Å². The van der Waals surface area contributed by atoms with Crippen molar-refractivity contribution in [2.24, 2.45) is 0 Å². The van der Waals surface area contributed by atoms with Crippen molar-refractivity contribution in [2.45, 2.75) is 6.36 Å². The largest absolute Gasteiger partial charge is 0.573 e. The van der Waals surface area contributed by atoms with Crippen LogP contribution in [0.2, 0.25) is 0 Å². The normalized spacial score (nSPS) is 11.1. The minimum Gasteiger partial charge on any atom is -0.477 e. The van der Waals surface area contributed by atoms with Crippen molar-refractivity contribution in [3.8, 4) is 17.2 Å². The molecule has 172 valence electrons. The molecule has 10 nitrogen and oxygen atoms in total. The molecule has 0 atom stereocenters. The Morgan fingerprint density at radius 3 is 2.29 bits per heavy atom. The highest BCUT2D eigenvalue weighted by Gasteiger charge is 2.31. The molecule has 0 spiro atoms. The standard InChI is InChI=1S/C21H12F3N5O5/c22-21(23,24)34-12-3-1-11(2-4-12)18(30)27-20-26-15-6-5-13(9-16(15)28-29-20)33-14-7-8-25-17(10-14)19(31)32/h1-10H,(H,31,32)(H,26,27,29,30). The van der Waals surface area contributed by atoms with E-state index in [1.165, 1.54) is 24.4 Å². The van der Waals surface area contributed by atoms with Crippen LogP contribution < -0.4 is 14.8 Å². The fourth-order valence-electron chi connectivity index (χ4n) is 2.74. The SMILES string of the molecule is O=C(Nc1nnc2cc(Oc3ccnc(C(=O)O)c3)ccc2n1)c1ccc(OC(F)(F)F)cc1. The third-order valence-electron chi connectivity index (χ3n) is 4.19. The highest BCUT2D eigenvalue weighted by molar-refractivity contribution is 6.03. The first-order valence-electron chi connectivity index (χ1n) is 9.35. The van der Waals surface area contributed by atoms with Gasteiger partial charge in [-0.1, -0.05) is 0 Å². The number of nitrogens with one attached hydrogen (secondary N) is 1. The van der Waals surface area contributed by atoms with Crippen molar-refractivity contribution in [2.75, 3.05) is 5.32 Å². The van der Waals surface area contributed by atoms with E-state index in [1.54, 1.807) is 12.1 Å². The summed E-state index contributed by atoms with van der Waals surface area (Å²) in [5, 5.41) is 19.2. The predicted octanol–water partition coefficient (Wildman–Crippen LogP) is 4.06. The zero-order valence-corrected chi connectivity index (χ0v) is 16.8. The Morgan fingerprint density at radius 2 is 1.59 bits per heavy atom. The molecule has 2 N–H and O–H groups in total. The number of pyridine rings is 1. The van der Waals surface area contributed by atoms with Gasteiger partial charge in [-0.3, -0.25) is 10.1 Å². The molecule has 0 bridgehead atoms. The number of rotatable bonds is 6. The number of fused-ring (bicyclic) bond motifs is 1. The van der Waals surface area contributed by atoms with E-state index in [4.69, 9.17) is 9.84 Å². The van der Waals surface area contributed by atoms with Gasteiger partial charge in [0.15, 0.2) is 5.69 Å². The van der Waals surface area contributed by atoms with E-state index in [2.05, 4.69) is 30.2 Å². The Labute approximate surface area is 188 Å². The Bertz CT molecular complexity index is 1380. The van der Waals surface area contributed by atoms with E-state index < -0.39 is 24.0 Å². The summed E-state index contributed by atoms with van der Waals surface area (Å²) in [6, 6.07) is 11.7. The number of anilines is 1. The summed E-state index contributed by atoms with van der Waals surface area (Å²) in [4.78, 5) is 31.2. The number of hydrogen-bond donors (Lipinski definition) is 2. The molecule has 4 rings (SSSR count). The van der Waals surface area contributed by atoms with E-state index in [-0.39, 0.29) is 23.0 Å². The van der Waals surface area contributed by atoms with Gasteiger partial charge in [0.1, 0.15) is 22.8 Å². The average Bonchev–Trinajstić information content (AvgIpc) is 2.78. The second-order valence-electron chi connectivity index (χ2n) is 6.60. The fraction of sp³-hybridized carbons (Fsp3) is 0.0476.